The predicted molar refractivity (Wildman–Crippen MR) is 69.4 cm³/mol. The van der Waals surface area contributed by atoms with Crippen LogP contribution in [-0.2, 0) is 0 Å². The molecule has 0 spiro atoms. The highest BCUT2D eigenvalue weighted by atomic mass is 16.7. The van der Waals surface area contributed by atoms with E-state index in [0.717, 1.165) is 43.1 Å². The second-order valence-corrected chi connectivity index (χ2v) is 4.75. The van der Waals surface area contributed by atoms with Gasteiger partial charge in [0.2, 0.25) is 6.79 Å². The second kappa shape index (κ2) is 4.40. The highest BCUT2D eigenvalue weighted by Crippen LogP contribution is 2.36. The Morgan fingerprint density at radius 3 is 2.67 bits per heavy atom. The molecule has 0 saturated carbocycles. The maximum absolute atomic E-state index is 7.48. The number of hydrogen-bond donors (Lipinski definition) is 2. The average Bonchev–Trinajstić information content (AvgIpc) is 2.86. The Hall–Kier alpha value is -1.91. The number of piperidine rings is 1. The van der Waals surface area contributed by atoms with Gasteiger partial charge in [0.25, 0.3) is 0 Å². The van der Waals surface area contributed by atoms with E-state index in [1.807, 2.05) is 12.1 Å². The van der Waals surface area contributed by atoms with Crippen molar-refractivity contribution in [2.45, 2.75) is 12.8 Å². The molecular formula is C13H17N3O2. The predicted octanol–water partition coefficient (Wildman–Crippen LogP) is 1.57. The molecule has 3 rings (SSSR count). The van der Waals surface area contributed by atoms with Gasteiger partial charge in [-0.1, -0.05) is 0 Å². The summed E-state index contributed by atoms with van der Waals surface area (Å²) in [4.78, 5) is 2.31. The van der Waals surface area contributed by atoms with E-state index in [4.69, 9.17) is 20.6 Å². The number of fused-ring (bicyclic) bond motifs is 1. The number of amidine groups is 1. The molecule has 96 valence electrons. The largest absolute Gasteiger partial charge is 0.454 e. The summed E-state index contributed by atoms with van der Waals surface area (Å²) in [7, 11) is 0. The van der Waals surface area contributed by atoms with Gasteiger partial charge in [-0.05, 0) is 25.0 Å². The lowest BCUT2D eigenvalue weighted by Crippen LogP contribution is -2.38. The quantitative estimate of drug-likeness (QED) is 0.614. The van der Waals surface area contributed by atoms with E-state index in [0.29, 0.717) is 12.6 Å². The molecule has 0 atom stereocenters. The molecule has 1 aromatic carbocycles. The maximum atomic E-state index is 7.48. The normalized spacial score (nSPS) is 19.0. The van der Waals surface area contributed by atoms with E-state index in [1.165, 1.54) is 0 Å². The van der Waals surface area contributed by atoms with Gasteiger partial charge in [-0.3, -0.25) is 5.41 Å². The first-order valence-corrected chi connectivity index (χ1v) is 6.22. The second-order valence-electron chi connectivity index (χ2n) is 4.75. The fourth-order valence-electron chi connectivity index (χ4n) is 2.53. The molecule has 0 aliphatic carbocycles. The standard InChI is InChI=1S/C13H17N3O2/c14-13(15)9-3-5-16(6-4-9)10-1-2-11-12(7-10)18-8-17-11/h1-2,7,9H,3-6,8H2,(H3,14,15). The van der Waals surface area contributed by atoms with Crippen molar-refractivity contribution in [1.82, 2.24) is 0 Å². The average molecular weight is 247 g/mol. The van der Waals surface area contributed by atoms with Crippen molar-refractivity contribution < 1.29 is 9.47 Å². The summed E-state index contributed by atoms with van der Waals surface area (Å²) in [5.74, 6) is 2.20. The summed E-state index contributed by atoms with van der Waals surface area (Å²) in [5, 5.41) is 7.48. The molecule has 1 fully saturated rings. The monoisotopic (exact) mass is 247 g/mol. The van der Waals surface area contributed by atoms with Crippen LogP contribution in [-0.4, -0.2) is 25.7 Å². The summed E-state index contributed by atoms with van der Waals surface area (Å²) >= 11 is 0. The lowest BCUT2D eigenvalue weighted by atomic mass is 9.95. The van der Waals surface area contributed by atoms with E-state index >= 15 is 0 Å². The lowest BCUT2D eigenvalue weighted by molar-refractivity contribution is 0.174. The lowest BCUT2D eigenvalue weighted by Gasteiger charge is -2.33. The van der Waals surface area contributed by atoms with Crippen molar-refractivity contribution in [2.75, 3.05) is 24.8 Å². The van der Waals surface area contributed by atoms with E-state index < -0.39 is 0 Å². The Morgan fingerprint density at radius 2 is 1.94 bits per heavy atom. The minimum absolute atomic E-state index is 0.246. The fourth-order valence-corrected chi connectivity index (χ4v) is 2.53. The van der Waals surface area contributed by atoms with Crippen LogP contribution in [0.15, 0.2) is 18.2 Å². The van der Waals surface area contributed by atoms with E-state index in [9.17, 15) is 0 Å². The smallest absolute Gasteiger partial charge is 0.231 e. The summed E-state index contributed by atoms with van der Waals surface area (Å²) in [6.07, 6.45) is 1.90. The maximum Gasteiger partial charge on any atom is 0.231 e. The molecular weight excluding hydrogens is 230 g/mol. The van der Waals surface area contributed by atoms with Crippen molar-refractivity contribution in [3.63, 3.8) is 0 Å². The molecule has 3 N–H and O–H groups in total. The van der Waals surface area contributed by atoms with Crippen LogP contribution in [0, 0.1) is 11.3 Å². The first-order valence-electron chi connectivity index (χ1n) is 6.22. The minimum atomic E-state index is 0.246. The van der Waals surface area contributed by atoms with E-state index in [1.54, 1.807) is 0 Å². The van der Waals surface area contributed by atoms with E-state index in [2.05, 4.69) is 11.0 Å². The molecule has 0 aromatic heterocycles. The molecule has 5 heteroatoms. The topological polar surface area (TPSA) is 71.6 Å². The zero-order valence-electron chi connectivity index (χ0n) is 10.2. The van der Waals surface area contributed by atoms with Crippen LogP contribution in [0.3, 0.4) is 0 Å². The van der Waals surface area contributed by atoms with E-state index in [-0.39, 0.29) is 5.92 Å². The number of nitrogens with one attached hydrogen (secondary N) is 1. The van der Waals surface area contributed by atoms with Crippen LogP contribution in [0.1, 0.15) is 12.8 Å². The molecule has 0 radical (unpaired) electrons. The van der Waals surface area contributed by atoms with Crippen molar-refractivity contribution in [1.29, 1.82) is 5.41 Å². The Morgan fingerprint density at radius 1 is 1.22 bits per heavy atom. The molecule has 5 nitrogen and oxygen atoms in total. The van der Waals surface area contributed by atoms with Crippen LogP contribution in [0.4, 0.5) is 5.69 Å². The number of hydrogen-bond acceptors (Lipinski definition) is 4. The van der Waals surface area contributed by atoms with Crippen molar-refractivity contribution >= 4 is 11.5 Å². The van der Waals surface area contributed by atoms with Crippen LogP contribution in [0.5, 0.6) is 11.5 Å². The first-order chi connectivity index (χ1) is 8.74. The molecule has 18 heavy (non-hydrogen) atoms. The molecule has 2 aliphatic heterocycles. The van der Waals surface area contributed by atoms with Crippen LogP contribution in [0.2, 0.25) is 0 Å². The van der Waals surface area contributed by atoms with Gasteiger partial charge in [0, 0.05) is 30.8 Å². The van der Waals surface area contributed by atoms with Crippen LogP contribution < -0.4 is 20.1 Å². The third-order valence-corrected chi connectivity index (χ3v) is 3.66. The number of benzene rings is 1. The SMILES string of the molecule is N=C(N)C1CCN(c2ccc3c(c2)OCO3)CC1. The van der Waals surface area contributed by atoms with Crippen molar-refractivity contribution in [3.8, 4) is 11.5 Å². The van der Waals surface area contributed by atoms with Gasteiger partial charge in [-0.15, -0.1) is 0 Å². The number of rotatable bonds is 2. The van der Waals surface area contributed by atoms with Gasteiger partial charge in [0.15, 0.2) is 11.5 Å². The third kappa shape index (κ3) is 1.96. The van der Waals surface area contributed by atoms with Gasteiger partial charge in [0.05, 0.1) is 5.84 Å². The minimum Gasteiger partial charge on any atom is -0.454 e. The van der Waals surface area contributed by atoms with Crippen molar-refractivity contribution in [3.05, 3.63) is 18.2 Å². The fraction of sp³-hybridized carbons (Fsp3) is 0.462. The summed E-state index contributed by atoms with van der Waals surface area (Å²) in [6.45, 7) is 2.18. The van der Waals surface area contributed by atoms with Gasteiger partial charge in [0.1, 0.15) is 0 Å². The molecule has 0 bridgehead atoms. The summed E-state index contributed by atoms with van der Waals surface area (Å²) in [6, 6.07) is 6.03. The molecule has 1 aromatic rings. The van der Waals surface area contributed by atoms with Gasteiger partial charge < -0.3 is 20.1 Å². The number of nitrogens with two attached hydrogens (primary N) is 1. The Bertz CT molecular complexity index is 467. The van der Waals surface area contributed by atoms with Crippen LogP contribution in [0.25, 0.3) is 0 Å². The number of nitrogens with zero attached hydrogens (tertiary/aromatic N) is 1. The number of anilines is 1. The molecule has 1 saturated heterocycles. The number of ether oxygens (including phenoxy) is 2. The molecule has 2 aliphatic rings. The third-order valence-electron chi connectivity index (χ3n) is 3.66. The molecule has 2 heterocycles. The molecule has 0 amide bonds. The highest BCUT2D eigenvalue weighted by molar-refractivity contribution is 5.79. The Balaban J connectivity index is 1.71. The van der Waals surface area contributed by atoms with Gasteiger partial charge in [-0.25, -0.2) is 0 Å². The Kier molecular flexibility index (Phi) is 2.74. The highest BCUT2D eigenvalue weighted by Gasteiger charge is 2.22. The van der Waals surface area contributed by atoms with Crippen LogP contribution >= 0.6 is 0 Å². The summed E-state index contributed by atoms with van der Waals surface area (Å²) < 4.78 is 10.7. The summed E-state index contributed by atoms with van der Waals surface area (Å²) in [5.41, 5.74) is 6.71. The van der Waals surface area contributed by atoms with Gasteiger partial charge >= 0.3 is 0 Å². The van der Waals surface area contributed by atoms with Crippen molar-refractivity contribution in [2.24, 2.45) is 11.7 Å². The Labute approximate surface area is 106 Å². The van der Waals surface area contributed by atoms with Gasteiger partial charge in [-0.2, -0.15) is 0 Å². The zero-order valence-corrected chi connectivity index (χ0v) is 10.2. The molecule has 0 unspecified atom stereocenters. The first kappa shape index (κ1) is 11.2. The zero-order chi connectivity index (χ0) is 12.5.